The van der Waals surface area contributed by atoms with E-state index in [1.807, 2.05) is 62.4 Å². The topological polar surface area (TPSA) is 50.4 Å². The van der Waals surface area contributed by atoms with Crippen LogP contribution in [0.2, 0.25) is 0 Å². The van der Waals surface area contributed by atoms with E-state index < -0.39 is 6.61 Å². The lowest BCUT2D eigenvalue weighted by Crippen LogP contribution is -2.32. The van der Waals surface area contributed by atoms with Crippen LogP contribution in [0.5, 0.6) is 5.75 Å². The molecule has 0 saturated carbocycles. The monoisotopic (exact) mass is 410 g/mol. The second-order valence-electron chi connectivity index (χ2n) is 7.04. The summed E-state index contributed by atoms with van der Waals surface area (Å²) in [6.45, 7) is 1.17. The second kappa shape index (κ2) is 9.98. The Bertz CT molecular complexity index is 976. The highest BCUT2D eigenvalue weighted by atomic mass is 19.3. The quantitative estimate of drug-likeness (QED) is 0.535. The van der Waals surface area contributed by atoms with Gasteiger partial charge < -0.3 is 10.1 Å². The van der Waals surface area contributed by atoms with Crippen molar-refractivity contribution in [3.8, 4) is 5.75 Å². The molecular weight excluding hydrogens is 386 g/mol. The summed E-state index contributed by atoms with van der Waals surface area (Å²) in [5, 5.41) is 6.18. The first kappa shape index (κ1) is 21.5. The fourth-order valence-electron chi connectivity index (χ4n) is 3.26. The third-order valence-electron chi connectivity index (χ3n) is 4.69. The van der Waals surface area contributed by atoms with E-state index in [-0.39, 0.29) is 24.2 Å². The molecule has 3 rings (SSSR count). The Kier molecular flexibility index (Phi) is 7.14. The molecule has 0 saturated heterocycles. The van der Waals surface area contributed by atoms with Crippen molar-refractivity contribution in [1.29, 1.82) is 0 Å². The number of carbonyl (C=O) groups excluding carboxylic acids is 1. The van der Waals surface area contributed by atoms with Crippen molar-refractivity contribution in [3.05, 3.63) is 95.1 Å². The largest absolute Gasteiger partial charge is 0.435 e. The van der Waals surface area contributed by atoms with E-state index >= 15 is 0 Å². The molecule has 2 N–H and O–H groups in total. The van der Waals surface area contributed by atoms with Crippen LogP contribution >= 0.6 is 0 Å². The molecule has 0 bridgehead atoms. The number of aryl methyl sites for hydroxylation is 2. The molecule has 156 valence electrons. The van der Waals surface area contributed by atoms with Crippen LogP contribution in [0.3, 0.4) is 0 Å². The third kappa shape index (κ3) is 5.87. The Morgan fingerprint density at radius 3 is 2.23 bits per heavy atom. The number of rotatable bonds is 8. The van der Waals surface area contributed by atoms with Gasteiger partial charge >= 0.3 is 6.61 Å². The number of ether oxygens (including phenoxy) is 1. The Morgan fingerprint density at radius 2 is 1.60 bits per heavy atom. The Morgan fingerprint density at radius 1 is 0.933 bits per heavy atom. The lowest BCUT2D eigenvalue weighted by atomic mass is 9.98. The molecule has 4 nitrogen and oxygen atoms in total. The summed E-state index contributed by atoms with van der Waals surface area (Å²) in [5.74, 6) is -0.0753. The first-order valence-electron chi connectivity index (χ1n) is 9.62. The number of benzene rings is 3. The van der Waals surface area contributed by atoms with E-state index in [9.17, 15) is 13.6 Å². The van der Waals surface area contributed by atoms with Gasteiger partial charge in [0.15, 0.2) is 0 Å². The zero-order valence-corrected chi connectivity index (χ0v) is 16.9. The van der Waals surface area contributed by atoms with Crippen molar-refractivity contribution in [2.75, 3.05) is 11.9 Å². The average Bonchev–Trinajstić information content (AvgIpc) is 2.72. The first-order valence-corrected chi connectivity index (χ1v) is 9.62. The molecule has 0 radical (unpaired) electrons. The van der Waals surface area contributed by atoms with Gasteiger partial charge in [-0.1, -0.05) is 60.2 Å². The molecular formula is C24H24F2N2O2. The zero-order chi connectivity index (χ0) is 21.5. The van der Waals surface area contributed by atoms with E-state index in [0.717, 1.165) is 27.9 Å². The van der Waals surface area contributed by atoms with Crippen molar-refractivity contribution in [1.82, 2.24) is 5.32 Å². The highest BCUT2D eigenvalue weighted by molar-refractivity contribution is 5.93. The predicted octanol–water partition coefficient (Wildman–Crippen LogP) is 5.22. The second-order valence-corrected chi connectivity index (χ2v) is 7.04. The molecule has 0 fully saturated rings. The van der Waals surface area contributed by atoms with Gasteiger partial charge in [-0.15, -0.1) is 0 Å². The molecule has 0 unspecified atom stereocenters. The smallest absolute Gasteiger partial charge is 0.387 e. The number of amides is 1. The fraction of sp³-hybridized carbons (Fsp3) is 0.208. The van der Waals surface area contributed by atoms with Crippen LogP contribution in [0.4, 0.5) is 14.5 Å². The van der Waals surface area contributed by atoms with Gasteiger partial charge in [0, 0.05) is 5.69 Å². The molecule has 0 aliphatic rings. The summed E-state index contributed by atoms with van der Waals surface area (Å²) in [6, 6.07) is 21.6. The number of halogens is 2. The van der Waals surface area contributed by atoms with E-state index in [2.05, 4.69) is 15.4 Å². The van der Waals surface area contributed by atoms with Crippen LogP contribution < -0.4 is 15.4 Å². The van der Waals surface area contributed by atoms with Crippen LogP contribution in [0.15, 0.2) is 72.8 Å². The summed E-state index contributed by atoms with van der Waals surface area (Å²) < 4.78 is 29.2. The standard InChI is InChI=1S/C24H24F2N2O2/c1-16-8-13-21(17(2)14-16)28-22(29)15-27-23(18-6-4-3-5-7-18)19-9-11-20(12-10-19)30-24(25)26/h3-14,23-24,27H,15H2,1-2H3,(H,28,29)/t23-/m1/s1. The van der Waals surface area contributed by atoms with Gasteiger partial charge in [0.25, 0.3) is 0 Å². The maximum Gasteiger partial charge on any atom is 0.387 e. The minimum absolute atomic E-state index is 0.0855. The van der Waals surface area contributed by atoms with Crippen molar-refractivity contribution in [2.24, 2.45) is 0 Å². The number of hydrogen-bond acceptors (Lipinski definition) is 3. The van der Waals surface area contributed by atoms with E-state index in [4.69, 9.17) is 0 Å². The van der Waals surface area contributed by atoms with Crippen LogP contribution in [-0.4, -0.2) is 19.1 Å². The lowest BCUT2D eigenvalue weighted by Gasteiger charge is -2.20. The third-order valence-corrected chi connectivity index (χ3v) is 4.69. The molecule has 3 aromatic carbocycles. The normalized spacial score (nSPS) is 11.9. The van der Waals surface area contributed by atoms with Gasteiger partial charge in [-0.3, -0.25) is 10.1 Å². The van der Waals surface area contributed by atoms with E-state index in [1.54, 1.807) is 12.1 Å². The zero-order valence-electron chi connectivity index (χ0n) is 16.9. The molecule has 1 atom stereocenters. The maximum atomic E-state index is 12.5. The molecule has 1 amide bonds. The summed E-state index contributed by atoms with van der Waals surface area (Å²) in [6.07, 6.45) is 0. The number of nitrogens with one attached hydrogen (secondary N) is 2. The number of alkyl halides is 2. The van der Waals surface area contributed by atoms with Gasteiger partial charge in [-0.2, -0.15) is 8.78 Å². The van der Waals surface area contributed by atoms with Crippen molar-refractivity contribution < 1.29 is 18.3 Å². The fourth-order valence-corrected chi connectivity index (χ4v) is 3.26. The number of anilines is 1. The molecule has 0 aliphatic heterocycles. The summed E-state index contributed by atoms with van der Waals surface area (Å²) >= 11 is 0. The minimum atomic E-state index is -2.87. The summed E-state index contributed by atoms with van der Waals surface area (Å²) in [7, 11) is 0. The number of carbonyl (C=O) groups is 1. The predicted molar refractivity (Wildman–Crippen MR) is 114 cm³/mol. The minimum Gasteiger partial charge on any atom is -0.435 e. The Balaban J connectivity index is 1.72. The van der Waals surface area contributed by atoms with Crippen LogP contribution in [0.1, 0.15) is 28.3 Å². The van der Waals surface area contributed by atoms with Gasteiger partial charge in [-0.25, -0.2) is 0 Å². The van der Waals surface area contributed by atoms with Gasteiger partial charge in [0.2, 0.25) is 5.91 Å². The highest BCUT2D eigenvalue weighted by Gasteiger charge is 2.16. The first-order chi connectivity index (χ1) is 14.4. The molecule has 0 heterocycles. The molecule has 0 aliphatic carbocycles. The van der Waals surface area contributed by atoms with Crippen molar-refractivity contribution >= 4 is 11.6 Å². The molecule has 0 aromatic heterocycles. The van der Waals surface area contributed by atoms with Gasteiger partial charge in [0.05, 0.1) is 12.6 Å². The molecule has 3 aromatic rings. The lowest BCUT2D eigenvalue weighted by molar-refractivity contribution is -0.115. The summed E-state index contributed by atoms with van der Waals surface area (Å²) in [4.78, 5) is 12.5. The van der Waals surface area contributed by atoms with E-state index in [0.29, 0.717) is 0 Å². The SMILES string of the molecule is Cc1ccc(NC(=O)CN[C@H](c2ccccc2)c2ccc(OC(F)F)cc2)c(C)c1. The Hall–Kier alpha value is -3.25. The van der Waals surface area contributed by atoms with Crippen LogP contribution in [0.25, 0.3) is 0 Å². The number of hydrogen-bond donors (Lipinski definition) is 2. The molecule has 30 heavy (non-hydrogen) atoms. The van der Waals surface area contributed by atoms with Gasteiger partial charge in [-0.05, 0) is 48.7 Å². The highest BCUT2D eigenvalue weighted by Crippen LogP contribution is 2.25. The van der Waals surface area contributed by atoms with Crippen molar-refractivity contribution in [3.63, 3.8) is 0 Å². The molecule has 6 heteroatoms. The summed E-state index contributed by atoms with van der Waals surface area (Å²) in [5.41, 5.74) is 4.70. The Labute approximate surface area is 174 Å². The molecule has 0 spiro atoms. The average molecular weight is 410 g/mol. The van der Waals surface area contributed by atoms with Crippen LogP contribution in [0, 0.1) is 13.8 Å². The van der Waals surface area contributed by atoms with Crippen molar-refractivity contribution in [2.45, 2.75) is 26.5 Å². The van der Waals surface area contributed by atoms with Crippen LogP contribution in [-0.2, 0) is 4.79 Å². The maximum absolute atomic E-state index is 12.5. The van der Waals surface area contributed by atoms with Gasteiger partial charge in [0.1, 0.15) is 5.75 Å². The van der Waals surface area contributed by atoms with E-state index in [1.165, 1.54) is 12.1 Å².